The molecule has 1 aromatic heterocycles. The molecule has 5 rings (SSSR count). The summed E-state index contributed by atoms with van der Waals surface area (Å²) in [4.78, 5) is 34.5. The normalized spacial score (nSPS) is 19.8. The maximum absolute atomic E-state index is 13.7. The Morgan fingerprint density at radius 2 is 1.98 bits per heavy atom. The van der Waals surface area contributed by atoms with Crippen LogP contribution in [0.15, 0.2) is 54.7 Å². The number of amides is 3. The minimum Gasteiger partial charge on any atom is -0.493 e. The Balaban J connectivity index is 1.32. The summed E-state index contributed by atoms with van der Waals surface area (Å²) >= 11 is 0. The Labute approximate surface area is 233 Å². The molecule has 2 fully saturated rings. The Bertz CT molecular complexity index is 1370. The third-order valence-corrected chi connectivity index (χ3v) is 7.49. The first-order valence-electron chi connectivity index (χ1n) is 13.6. The van der Waals surface area contributed by atoms with E-state index in [4.69, 9.17) is 14.2 Å². The van der Waals surface area contributed by atoms with E-state index in [1.165, 1.54) is 12.0 Å². The Morgan fingerprint density at radius 3 is 2.75 bits per heavy atom. The zero-order valence-corrected chi connectivity index (χ0v) is 23.1. The van der Waals surface area contributed by atoms with E-state index in [1.54, 1.807) is 43.1 Å². The molecule has 212 valence electrons. The van der Waals surface area contributed by atoms with Gasteiger partial charge in [0.05, 0.1) is 18.3 Å². The zero-order valence-electron chi connectivity index (χ0n) is 23.1. The summed E-state index contributed by atoms with van der Waals surface area (Å²) in [5.74, 6) is 0.409. The highest BCUT2D eigenvalue weighted by molar-refractivity contribution is 6.23. The summed E-state index contributed by atoms with van der Waals surface area (Å²) in [6, 6.07) is 14.1. The van der Waals surface area contributed by atoms with Crippen LogP contribution in [0.25, 0.3) is 10.9 Å². The second-order valence-corrected chi connectivity index (χ2v) is 10.6. The van der Waals surface area contributed by atoms with Gasteiger partial charge in [-0.25, -0.2) is 9.69 Å². The van der Waals surface area contributed by atoms with E-state index in [0.29, 0.717) is 23.7 Å². The fourth-order valence-corrected chi connectivity index (χ4v) is 5.12. The van der Waals surface area contributed by atoms with Gasteiger partial charge in [0, 0.05) is 37.3 Å². The van der Waals surface area contributed by atoms with Crippen LogP contribution >= 0.6 is 0 Å². The van der Waals surface area contributed by atoms with Gasteiger partial charge in [-0.2, -0.15) is 0 Å². The molecule has 40 heavy (non-hydrogen) atoms. The summed E-state index contributed by atoms with van der Waals surface area (Å²) in [6.07, 6.45) is 3.91. The van der Waals surface area contributed by atoms with Gasteiger partial charge in [-0.3, -0.25) is 15.1 Å². The minimum atomic E-state index is -1.08. The molecule has 3 heterocycles. The molecule has 2 aliphatic heterocycles. The zero-order chi connectivity index (χ0) is 28.3. The van der Waals surface area contributed by atoms with E-state index in [1.807, 2.05) is 30.3 Å². The lowest BCUT2D eigenvalue weighted by Crippen LogP contribution is -2.43. The van der Waals surface area contributed by atoms with E-state index in [9.17, 15) is 14.7 Å². The summed E-state index contributed by atoms with van der Waals surface area (Å²) in [6.45, 7) is 4.76. The van der Waals surface area contributed by atoms with Crippen LogP contribution in [0.2, 0.25) is 0 Å². The third-order valence-electron chi connectivity index (χ3n) is 7.49. The summed E-state index contributed by atoms with van der Waals surface area (Å²) < 4.78 is 17.0. The lowest BCUT2D eigenvalue weighted by atomic mass is 10.0. The van der Waals surface area contributed by atoms with Crippen molar-refractivity contribution in [2.24, 2.45) is 0 Å². The molecular formula is C30H36N4O6. The largest absolute Gasteiger partial charge is 0.493 e. The number of aliphatic hydroxyl groups excluding tert-OH is 1. The molecule has 10 heteroatoms. The van der Waals surface area contributed by atoms with E-state index < -0.39 is 17.7 Å². The number of rotatable bonds is 10. The number of hydrogen-bond donors (Lipinski definition) is 2. The molecule has 0 bridgehead atoms. The molecule has 0 radical (unpaired) electrons. The van der Waals surface area contributed by atoms with Crippen molar-refractivity contribution in [2.75, 3.05) is 31.8 Å². The Kier molecular flexibility index (Phi) is 8.20. The number of aromatic nitrogens is 1. The number of imide groups is 1. The second kappa shape index (κ2) is 11.8. The van der Waals surface area contributed by atoms with Crippen LogP contribution in [0.4, 0.5) is 10.5 Å². The van der Waals surface area contributed by atoms with Crippen molar-refractivity contribution in [1.29, 1.82) is 0 Å². The van der Waals surface area contributed by atoms with Crippen LogP contribution in [0.1, 0.15) is 38.7 Å². The topological polar surface area (TPSA) is 113 Å². The van der Waals surface area contributed by atoms with Crippen molar-refractivity contribution in [3.8, 4) is 11.5 Å². The van der Waals surface area contributed by atoms with Crippen LogP contribution in [-0.2, 0) is 16.1 Å². The molecule has 2 saturated heterocycles. The van der Waals surface area contributed by atoms with Gasteiger partial charge in [-0.15, -0.1) is 0 Å². The van der Waals surface area contributed by atoms with E-state index >= 15 is 0 Å². The van der Waals surface area contributed by atoms with Crippen molar-refractivity contribution in [3.63, 3.8) is 0 Å². The van der Waals surface area contributed by atoms with Crippen molar-refractivity contribution in [2.45, 2.75) is 57.5 Å². The molecule has 0 saturated carbocycles. The summed E-state index contributed by atoms with van der Waals surface area (Å²) in [5, 5.41) is 14.6. The molecule has 2 aliphatic rings. The molecule has 3 amide bonds. The van der Waals surface area contributed by atoms with Gasteiger partial charge in [-0.05, 0) is 62.9 Å². The van der Waals surface area contributed by atoms with E-state index in [2.05, 4.69) is 10.3 Å². The van der Waals surface area contributed by atoms with Crippen LogP contribution < -0.4 is 19.7 Å². The number of nitrogens with one attached hydrogen (secondary N) is 1. The van der Waals surface area contributed by atoms with E-state index in [0.717, 1.165) is 42.3 Å². The number of methoxy groups -OCH3 is 1. The fourth-order valence-electron chi connectivity index (χ4n) is 5.12. The molecule has 2 N–H and O–H groups in total. The van der Waals surface area contributed by atoms with Gasteiger partial charge in [0.25, 0.3) is 5.91 Å². The van der Waals surface area contributed by atoms with Gasteiger partial charge < -0.3 is 24.2 Å². The number of fused-ring (bicyclic) bond motifs is 1. The number of aliphatic hydroxyl groups is 1. The number of benzene rings is 2. The maximum atomic E-state index is 13.7. The number of anilines is 1. The number of urea groups is 1. The number of carbonyl (C=O) groups is 2. The predicted octanol–water partition coefficient (Wildman–Crippen LogP) is 3.85. The fraction of sp³-hybridized carbons (Fsp3) is 0.433. The standard InChI is InChI=1S/C30H36N4O6/c1-30(2)28(36)34(29(37)33(30)18-20-13-14-31-24-9-5-4-8-23(20)24)21-11-12-25(38-3)26(16-21)40-19-22(35)17-32-27-10-6-7-15-39-27/h4-5,8-9,11-14,16,22,27,32,35H,6-7,10,15,17-19H2,1-3H3. The Morgan fingerprint density at radius 1 is 1.15 bits per heavy atom. The molecule has 2 aromatic carbocycles. The number of hydrogen-bond acceptors (Lipinski definition) is 8. The highest BCUT2D eigenvalue weighted by Gasteiger charge is 2.52. The van der Waals surface area contributed by atoms with Gasteiger partial charge in [-0.1, -0.05) is 18.2 Å². The lowest BCUT2D eigenvalue weighted by Gasteiger charge is -2.28. The smallest absolute Gasteiger partial charge is 0.332 e. The van der Waals surface area contributed by atoms with Crippen molar-refractivity contribution in [3.05, 3.63) is 60.3 Å². The summed E-state index contributed by atoms with van der Waals surface area (Å²) in [7, 11) is 1.51. The molecule has 3 aromatic rings. The van der Waals surface area contributed by atoms with Crippen molar-refractivity contribution >= 4 is 28.5 Å². The number of pyridine rings is 1. The SMILES string of the molecule is COc1ccc(N2C(=O)N(Cc3ccnc4ccccc34)C(C)(C)C2=O)cc1OCC(O)CNC1CCCCO1. The third kappa shape index (κ3) is 5.60. The second-order valence-electron chi connectivity index (χ2n) is 10.6. The molecule has 2 atom stereocenters. The van der Waals surface area contributed by atoms with Gasteiger partial charge >= 0.3 is 6.03 Å². The lowest BCUT2D eigenvalue weighted by molar-refractivity contribution is -0.123. The molecule has 0 aliphatic carbocycles. The van der Waals surface area contributed by atoms with Gasteiger partial charge in [0.1, 0.15) is 24.5 Å². The van der Waals surface area contributed by atoms with Crippen LogP contribution in [0, 0.1) is 0 Å². The van der Waals surface area contributed by atoms with Crippen LogP contribution in [-0.4, -0.2) is 71.7 Å². The van der Waals surface area contributed by atoms with Crippen molar-refractivity contribution < 1.29 is 28.9 Å². The predicted molar refractivity (Wildman–Crippen MR) is 150 cm³/mol. The number of carbonyl (C=O) groups excluding carboxylic acids is 2. The van der Waals surface area contributed by atoms with Gasteiger partial charge in [0.2, 0.25) is 0 Å². The number of nitrogens with zero attached hydrogens (tertiary/aromatic N) is 3. The molecule has 0 spiro atoms. The average Bonchev–Trinajstić information content (AvgIpc) is 3.14. The molecule has 10 nitrogen and oxygen atoms in total. The molecule has 2 unspecified atom stereocenters. The maximum Gasteiger partial charge on any atom is 0.332 e. The Hall–Kier alpha value is -3.73. The van der Waals surface area contributed by atoms with Crippen molar-refractivity contribution in [1.82, 2.24) is 15.2 Å². The molecular weight excluding hydrogens is 512 g/mol. The van der Waals surface area contributed by atoms with Crippen LogP contribution in [0.5, 0.6) is 11.5 Å². The first kappa shape index (κ1) is 27.8. The van der Waals surface area contributed by atoms with Gasteiger partial charge in [0.15, 0.2) is 11.5 Å². The highest BCUT2D eigenvalue weighted by Crippen LogP contribution is 2.38. The minimum absolute atomic E-state index is 0.00579. The van der Waals surface area contributed by atoms with Crippen LogP contribution in [0.3, 0.4) is 0 Å². The quantitative estimate of drug-likeness (QED) is 0.368. The summed E-state index contributed by atoms with van der Waals surface area (Å²) in [5.41, 5.74) is 1.02. The first-order valence-corrected chi connectivity index (χ1v) is 13.6. The number of ether oxygens (including phenoxy) is 3. The number of para-hydroxylation sites is 1. The first-order chi connectivity index (χ1) is 19.3. The van der Waals surface area contributed by atoms with E-state index in [-0.39, 0.29) is 25.3 Å². The monoisotopic (exact) mass is 548 g/mol. The average molecular weight is 549 g/mol. The highest BCUT2D eigenvalue weighted by atomic mass is 16.5.